The highest BCUT2D eigenvalue weighted by Crippen LogP contribution is 2.11. The lowest BCUT2D eigenvalue weighted by Crippen LogP contribution is -2.26. The Balaban J connectivity index is 2.68. The van der Waals surface area contributed by atoms with Gasteiger partial charge in [0.15, 0.2) is 0 Å². The van der Waals surface area contributed by atoms with Crippen LogP contribution < -0.4 is 5.32 Å². The van der Waals surface area contributed by atoms with Gasteiger partial charge in [0.1, 0.15) is 0 Å². The Morgan fingerprint density at radius 3 is 2.95 bits per heavy atom. The molecule has 0 spiro atoms. The standard InChI is InChI=1S/C17H23NO3/c1-3-21-12-6-10-18-17(20)16-9-8-14(2)13-15(16)7-4-5-11-19/h8-9,13,19H,3,5-6,10-12H2,1-2H3,(H,18,20). The molecule has 0 aliphatic rings. The van der Waals surface area contributed by atoms with Gasteiger partial charge in [-0.05, 0) is 38.0 Å². The Morgan fingerprint density at radius 1 is 1.43 bits per heavy atom. The minimum atomic E-state index is -0.125. The van der Waals surface area contributed by atoms with Crippen molar-refractivity contribution in [2.45, 2.75) is 26.7 Å². The number of aliphatic hydroxyl groups excluding tert-OH is 1. The van der Waals surface area contributed by atoms with E-state index >= 15 is 0 Å². The molecule has 0 heterocycles. The molecule has 0 radical (unpaired) electrons. The normalized spacial score (nSPS) is 9.86. The van der Waals surface area contributed by atoms with Crippen LogP contribution in [0, 0.1) is 18.8 Å². The van der Waals surface area contributed by atoms with Crippen molar-refractivity contribution in [2.24, 2.45) is 0 Å². The highest BCUT2D eigenvalue weighted by Gasteiger charge is 2.09. The predicted molar refractivity (Wildman–Crippen MR) is 83.2 cm³/mol. The molecule has 114 valence electrons. The third-order valence-corrected chi connectivity index (χ3v) is 2.83. The summed E-state index contributed by atoms with van der Waals surface area (Å²) in [5.41, 5.74) is 2.32. The molecule has 0 aliphatic heterocycles. The van der Waals surface area contributed by atoms with Gasteiger partial charge in [-0.3, -0.25) is 4.79 Å². The summed E-state index contributed by atoms with van der Waals surface area (Å²) in [5, 5.41) is 11.6. The van der Waals surface area contributed by atoms with Gasteiger partial charge in [0, 0.05) is 31.7 Å². The molecule has 2 N–H and O–H groups in total. The van der Waals surface area contributed by atoms with Crippen LogP contribution in [0.15, 0.2) is 18.2 Å². The van der Waals surface area contributed by atoms with Gasteiger partial charge in [-0.25, -0.2) is 0 Å². The van der Waals surface area contributed by atoms with Crippen molar-refractivity contribution in [2.75, 3.05) is 26.4 Å². The first-order chi connectivity index (χ1) is 10.2. The lowest BCUT2D eigenvalue weighted by molar-refractivity contribution is 0.0944. The lowest BCUT2D eigenvalue weighted by atomic mass is 10.0. The highest BCUT2D eigenvalue weighted by molar-refractivity contribution is 5.96. The average molecular weight is 289 g/mol. The molecule has 1 aromatic carbocycles. The maximum atomic E-state index is 12.2. The number of carbonyl (C=O) groups is 1. The molecule has 0 bridgehead atoms. The quantitative estimate of drug-likeness (QED) is 0.595. The van der Waals surface area contributed by atoms with Gasteiger partial charge in [-0.1, -0.05) is 17.9 Å². The predicted octanol–water partition coefficient (Wildman–Crippen LogP) is 1.89. The van der Waals surface area contributed by atoms with E-state index in [2.05, 4.69) is 17.2 Å². The van der Waals surface area contributed by atoms with Gasteiger partial charge in [0.05, 0.1) is 12.2 Å². The van der Waals surface area contributed by atoms with E-state index in [9.17, 15) is 4.79 Å². The third-order valence-electron chi connectivity index (χ3n) is 2.83. The van der Waals surface area contributed by atoms with Crippen LogP contribution in [-0.2, 0) is 4.74 Å². The summed E-state index contributed by atoms with van der Waals surface area (Å²) in [7, 11) is 0. The van der Waals surface area contributed by atoms with E-state index < -0.39 is 0 Å². The summed E-state index contributed by atoms with van der Waals surface area (Å²) in [5.74, 6) is 5.68. The molecule has 1 rings (SSSR count). The number of hydrogen-bond acceptors (Lipinski definition) is 3. The zero-order valence-corrected chi connectivity index (χ0v) is 12.7. The molecule has 0 saturated carbocycles. The van der Waals surface area contributed by atoms with Crippen LogP contribution in [-0.4, -0.2) is 37.4 Å². The zero-order chi connectivity index (χ0) is 15.5. The minimum Gasteiger partial charge on any atom is -0.395 e. The van der Waals surface area contributed by atoms with Crippen molar-refractivity contribution >= 4 is 5.91 Å². The summed E-state index contributed by atoms with van der Waals surface area (Å²) in [6.07, 6.45) is 1.19. The maximum absolute atomic E-state index is 12.2. The molecule has 4 nitrogen and oxygen atoms in total. The fraction of sp³-hybridized carbons (Fsp3) is 0.471. The third kappa shape index (κ3) is 6.44. The van der Waals surface area contributed by atoms with E-state index in [1.165, 1.54) is 0 Å². The van der Waals surface area contributed by atoms with Crippen LogP contribution in [0.25, 0.3) is 0 Å². The summed E-state index contributed by atoms with van der Waals surface area (Å²) >= 11 is 0. The molecule has 0 aromatic heterocycles. The number of ether oxygens (including phenoxy) is 1. The summed E-state index contributed by atoms with van der Waals surface area (Å²) in [4.78, 5) is 12.2. The molecular weight excluding hydrogens is 266 g/mol. The average Bonchev–Trinajstić information content (AvgIpc) is 2.47. The lowest BCUT2D eigenvalue weighted by Gasteiger charge is -2.08. The van der Waals surface area contributed by atoms with Crippen LogP contribution in [0.1, 0.15) is 41.3 Å². The Morgan fingerprint density at radius 2 is 2.24 bits per heavy atom. The van der Waals surface area contributed by atoms with E-state index in [1.807, 2.05) is 26.0 Å². The van der Waals surface area contributed by atoms with Crippen LogP contribution >= 0.6 is 0 Å². The first kappa shape index (κ1) is 17.2. The van der Waals surface area contributed by atoms with Gasteiger partial charge >= 0.3 is 0 Å². The Kier molecular flexibility index (Phi) is 8.18. The van der Waals surface area contributed by atoms with E-state index in [-0.39, 0.29) is 12.5 Å². The van der Waals surface area contributed by atoms with Crippen molar-refractivity contribution in [3.8, 4) is 11.8 Å². The number of rotatable bonds is 7. The fourth-order valence-corrected chi connectivity index (χ4v) is 1.79. The fourth-order valence-electron chi connectivity index (χ4n) is 1.79. The van der Waals surface area contributed by atoms with Crippen LogP contribution in [0.4, 0.5) is 0 Å². The number of benzene rings is 1. The monoisotopic (exact) mass is 289 g/mol. The number of hydrogen-bond donors (Lipinski definition) is 2. The van der Waals surface area contributed by atoms with E-state index in [0.29, 0.717) is 37.3 Å². The van der Waals surface area contributed by atoms with Gasteiger partial charge < -0.3 is 15.2 Å². The van der Waals surface area contributed by atoms with Crippen molar-refractivity contribution < 1.29 is 14.6 Å². The molecule has 1 aromatic rings. The number of aryl methyl sites for hydroxylation is 1. The van der Waals surface area contributed by atoms with Crippen LogP contribution in [0.2, 0.25) is 0 Å². The van der Waals surface area contributed by atoms with Gasteiger partial charge in [0.2, 0.25) is 0 Å². The molecule has 4 heteroatoms. The van der Waals surface area contributed by atoms with Crippen LogP contribution in [0.5, 0.6) is 0 Å². The smallest absolute Gasteiger partial charge is 0.252 e. The maximum Gasteiger partial charge on any atom is 0.252 e. The molecule has 0 fully saturated rings. The number of amides is 1. The second kappa shape index (κ2) is 9.98. The summed E-state index contributed by atoms with van der Waals surface area (Å²) in [6.45, 7) is 5.85. The second-order valence-corrected chi connectivity index (χ2v) is 4.63. The van der Waals surface area contributed by atoms with Crippen molar-refractivity contribution in [1.29, 1.82) is 0 Å². The van der Waals surface area contributed by atoms with Crippen LogP contribution in [0.3, 0.4) is 0 Å². The molecular formula is C17H23NO3. The summed E-state index contributed by atoms with van der Waals surface area (Å²) < 4.78 is 5.23. The molecule has 0 atom stereocenters. The topological polar surface area (TPSA) is 58.6 Å². The Labute approximate surface area is 126 Å². The molecule has 1 amide bonds. The van der Waals surface area contributed by atoms with Crippen molar-refractivity contribution in [3.05, 3.63) is 34.9 Å². The Bertz CT molecular complexity index is 515. The zero-order valence-electron chi connectivity index (χ0n) is 12.7. The van der Waals surface area contributed by atoms with Gasteiger partial charge in [-0.15, -0.1) is 0 Å². The van der Waals surface area contributed by atoms with E-state index in [1.54, 1.807) is 6.07 Å². The number of carbonyl (C=O) groups excluding carboxylic acids is 1. The van der Waals surface area contributed by atoms with Gasteiger partial charge in [-0.2, -0.15) is 0 Å². The SMILES string of the molecule is CCOCCCNC(=O)c1ccc(C)cc1C#CCCO. The van der Waals surface area contributed by atoms with Crippen molar-refractivity contribution in [3.63, 3.8) is 0 Å². The minimum absolute atomic E-state index is 0.0256. The van der Waals surface area contributed by atoms with Crippen molar-refractivity contribution in [1.82, 2.24) is 5.32 Å². The molecule has 21 heavy (non-hydrogen) atoms. The molecule has 0 saturated heterocycles. The molecule has 0 unspecified atom stereocenters. The highest BCUT2D eigenvalue weighted by atomic mass is 16.5. The first-order valence-corrected chi connectivity index (χ1v) is 7.25. The van der Waals surface area contributed by atoms with E-state index in [4.69, 9.17) is 9.84 Å². The number of nitrogens with one attached hydrogen (secondary N) is 1. The van der Waals surface area contributed by atoms with Gasteiger partial charge in [0.25, 0.3) is 5.91 Å². The summed E-state index contributed by atoms with van der Waals surface area (Å²) in [6, 6.07) is 5.57. The first-order valence-electron chi connectivity index (χ1n) is 7.25. The molecule has 0 aliphatic carbocycles. The largest absolute Gasteiger partial charge is 0.395 e. The second-order valence-electron chi connectivity index (χ2n) is 4.63. The van der Waals surface area contributed by atoms with E-state index in [0.717, 1.165) is 12.0 Å². The Hall–Kier alpha value is -1.83. The number of aliphatic hydroxyl groups is 1.